The number of likely N-dealkylation sites (tertiary alicyclic amines) is 1. The first-order valence-corrected chi connectivity index (χ1v) is 7.51. The maximum atomic E-state index is 9.00. The van der Waals surface area contributed by atoms with Crippen molar-refractivity contribution in [1.29, 1.82) is 0 Å². The molecule has 0 aromatic carbocycles. The standard InChI is InChI=1S/C13H27N.C2H4O2/c1-3-4-5-6-8-11-14-12-9-7-10-13(14)2;1-2(3)4/h13H,3-12H2,1-2H3;1H3,(H,3,4). The van der Waals surface area contributed by atoms with Gasteiger partial charge in [0.25, 0.3) is 5.97 Å². The lowest BCUT2D eigenvalue weighted by Crippen LogP contribution is -2.37. The summed E-state index contributed by atoms with van der Waals surface area (Å²) in [5.41, 5.74) is 0. The summed E-state index contributed by atoms with van der Waals surface area (Å²) in [6.45, 7) is 8.47. The molecule has 1 unspecified atom stereocenters. The van der Waals surface area contributed by atoms with Crippen LogP contribution in [-0.4, -0.2) is 35.1 Å². The molecule has 1 heterocycles. The van der Waals surface area contributed by atoms with E-state index in [9.17, 15) is 0 Å². The Morgan fingerprint density at radius 3 is 2.39 bits per heavy atom. The number of hydrogen-bond donors (Lipinski definition) is 1. The quantitative estimate of drug-likeness (QED) is 0.733. The molecule has 0 spiro atoms. The molecule has 1 fully saturated rings. The molecule has 0 aromatic heterocycles. The smallest absolute Gasteiger partial charge is 0.300 e. The summed E-state index contributed by atoms with van der Waals surface area (Å²) in [6, 6.07) is 0.856. The number of carboxylic acids is 1. The molecule has 0 bridgehead atoms. The second-order valence-corrected chi connectivity index (χ2v) is 5.31. The van der Waals surface area contributed by atoms with Crippen molar-refractivity contribution >= 4 is 5.97 Å². The lowest BCUT2D eigenvalue weighted by molar-refractivity contribution is -0.134. The van der Waals surface area contributed by atoms with E-state index < -0.39 is 5.97 Å². The van der Waals surface area contributed by atoms with Crippen molar-refractivity contribution in [3.63, 3.8) is 0 Å². The number of carbonyl (C=O) groups is 1. The Morgan fingerprint density at radius 2 is 1.83 bits per heavy atom. The van der Waals surface area contributed by atoms with Crippen LogP contribution in [0.1, 0.15) is 72.1 Å². The highest BCUT2D eigenvalue weighted by molar-refractivity contribution is 5.62. The van der Waals surface area contributed by atoms with Gasteiger partial charge in [0.1, 0.15) is 0 Å². The molecule has 3 heteroatoms. The van der Waals surface area contributed by atoms with Crippen LogP contribution in [0.3, 0.4) is 0 Å². The van der Waals surface area contributed by atoms with Gasteiger partial charge in [0.15, 0.2) is 0 Å². The largest absolute Gasteiger partial charge is 0.481 e. The lowest BCUT2D eigenvalue weighted by Gasteiger charge is -2.33. The highest BCUT2D eigenvalue weighted by Gasteiger charge is 2.16. The summed E-state index contributed by atoms with van der Waals surface area (Å²) in [5, 5.41) is 7.42. The van der Waals surface area contributed by atoms with Gasteiger partial charge in [-0.05, 0) is 39.3 Å². The highest BCUT2D eigenvalue weighted by atomic mass is 16.4. The van der Waals surface area contributed by atoms with Crippen molar-refractivity contribution in [1.82, 2.24) is 4.90 Å². The first-order chi connectivity index (χ1) is 8.57. The van der Waals surface area contributed by atoms with Gasteiger partial charge in [0.05, 0.1) is 0 Å². The molecule has 1 rings (SSSR count). The molecular formula is C15H31NO2. The number of aliphatic carboxylic acids is 1. The molecule has 1 aliphatic heterocycles. The van der Waals surface area contributed by atoms with E-state index in [4.69, 9.17) is 9.90 Å². The molecule has 0 aromatic rings. The third kappa shape index (κ3) is 10.6. The average Bonchev–Trinajstić information content (AvgIpc) is 2.30. The Hall–Kier alpha value is -0.570. The molecule has 0 saturated carbocycles. The Kier molecular flexibility index (Phi) is 11.2. The predicted molar refractivity (Wildman–Crippen MR) is 77.0 cm³/mol. The minimum Gasteiger partial charge on any atom is -0.481 e. The maximum absolute atomic E-state index is 9.00. The van der Waals surface area contributed by atoms with E-state index in [2.05, 4.69) is 18.7 Å². The van der Waals surface area contributed by atoms with E-state index in [0.29, 0.717) is 0 Å². The Labute approximate surface area is 113 Å². The van der Waals surface area contributed by atoms with E-state index in [0.717, 1.165) is 13.0 Å². The minimum absolute atomic E-state index is 0.833. The lowest BCUT2D eigenvalue weighted by atomic mass is 10.0. The number of nitrogens with zero attached hydrogens (tertiary/aromatic N) is 1. The van der Waals surface area contributed by atoms with Crippen molar-refractivity contribution in [2.75, 3.05) is 13.1 Å². The maximum Gasteiger partial charge on any atom is 0.300 e. The summed E-state index contributed by atoms with van der Waals surface area (Å²) in [4.78, 5) is 11.7. The molecule has 108 valence electrons. The zero-order valence-corrected chi connectivity index (χ0v) is 12.5. The van der Waals surface area contributed by atoms with Crippen LogP contribution in [-0.2, 0) is 4.79 Å². The zero-order valence-electron chi connectivity index (χ0n) is 12.5. The van der Waals surface area contributed by atoms with Crippen molar-refractivity contribution in [3.05, 3.63) is 0 Å². The van der Waals surface area contributed by atoms with Gasteiger partial charge in [-0.3, -0.25) is 4.79 Å². The zero-order chi connectivity index (χ0) is 13.8. The van der Waals surface area contributed by atoms with Crippen LogP contribution in [0.25, 0.3) is 0 Å². The van der Waals surface area contributed by atoms with E-state index in [1.165, 1.54) is 64.5 Å². The fraction of sp³-hybridized carbons (Fsp3) is 0.933. The van der Waals surface area contributed by atoms with E-state index >= 15 is 0 Å². The SMILES string of the molecule is CC(=O)O.CCCCCCCN1CCCCC1C. The second kappa shape index (κ2) is 11.5. The molecule has 1 N–H and O–H groups in total. The molecule has 18 heavy (non-hydrogen) atoms. The van der Waals surface area contributed by atoms with Gasteiger partial charge >= 0.3 is 0 Å². The summed E-state index contributed by atoms with van der Waals surface area (Å²) in [6.07, 6.45) is 11.4. The second-order valence-electron chi connectivity index (χ2n) is 5.31. The van der Waals surface area contributed by atoms with Crippen molar-refractivity contribution in [3.8, 4) is 0 Å². The van der Waals surface area contributed by atoms with Crippen LogP contribution in [0.4, 0.5) is 0 Å². The van der Waals surface area contributed by atoms with Crippen LogP contribution in [0, 0.1) is 0 Å². The van der Waals surface area contributed by atoms with Crippen LogP contribution in [0.5, 0.6) is 0 Å². The van der Waals surface area contributed by atoms with Crippen LogP contribution in [0.2, 0.25) is 0 Å². The number of carboxylic acid groups (broad SMARTS) is 1. The number of piperidine rings is 1. The van der Waals surface area contributed by atoms with Crippen molar-refractivity contribution in [2.45, 2.75) is 78.2 Å². The van der Waals surface area contributed by atoms with E-state index in [1.54, 1.807) is 0 Å². The van der Waals surface area contributed by atoms with Gasteiger partial charge in [-0.25, -0.2) is 0 Å². The van der Waals surface area contributed by atoms with Crippen molar-refractivity contribution < 1.29 is 9.90 Å². The van der Waals surface area contributed by atoms with Gasteiger partial charge in [0.2, 0.25) is 0 Å². The molecular weight excluding hydrogens is 226 g/mol. The number of rotatable bonds is 6. The first-order valence-electron chi connectivity index (χ1n) is 7.51. The molecule has 1 aliphatic rings. The van der Waals surface area contributed by atoms with Gasteiger partial charge in [-0.2, -0.15) is 0 Å². The van der Waals surface area contributed by atoms with Crippen molar-refractivity contribution in [2.24, 2.45) is 0 Å². The highest BCUT2D eigenvalue weighted by Crippen LogP contribution is 2.17. The fourth-order valence-corrected chi connectivity index (χ4v) is 2.41. The van der Waals surface area contributed by atoms with E-state index in [1.807, 2.05) is 0 Å². The summed E-state index contributed by atoms with van der Waals surface area (Å²) in [5.74, 6) is -0.833. The number of hydrogen-bond acceptors (Lipinski definition) is 2. The molecule has 0 aliphatic carbocycles. The minimum atomic E-state index is -0.833. The van der Waals surface area contributed by atoms with Crippen LogP contribution < -0.4 is 0 Å². The summed E-state index contributed by atoms with van der Waals surface area (Å²) >= 11 is 0. The van der Waals surface area contributed by atoms with Gasteiger partial charge in [0, 0.05) is 13.0 Å². The van der Waals surface area contributed by atoms with E-state index in [-0.39, 0.29) is 0 Å². The Bertz CT molecular complexity index is 203. The molecule has 3 nitrogen and oxygen atoms in total. The summed E-state index contributed by atoms with van der Waals surface area (Å²) < 4.78 is 0. The Morgan fingerprint density at radius 1 is 1.22 bits per heavy atom. The fourth-order valence-electron chi connectivity index (χ4n) is 2.41. The predicted octanol–water partition coefficient (Wildman–Crippen LogP) is 3.92. The van der Waals surface area contributed by atoms with Gasteiger partial charge in [-0.15, -0.1) is 0 Å². The Balaban J connectivity index is 0.000000631. The normalized spacial score (nSPS) is 20.1. The third-order valence-electron chi connectivity index (χ3n) is 3.49. The van der Waals surface area contributed by atoms with Crippen LogP contribution in [0.15, 0.2) is 0 Å². The summed E-state index contributed by atoms with van der Waals surface area (Å²) in [7, 11) is 0. The molecule has 0 radical (unpaired) electrons. The molecule has 0 amide bonds. The first kappa shape index (κ1) is 17.4. The number of unbranched alkanes of at least 4 members (excludes halogenated alkanes) is 4. The average molecular weight is 257 g/mol. The van der Waals surface area contributed by atoms with Crippen LogP contribution >= 0.6 is 0 Å². The van der Waals surface area contributed by atoms with Gasteiger partial charge < -0.3 is 10.0 Å². The monoisotopic (exact) mass is 257 g/mol. The third-order valence-corrected chi connectivity index (χ3v) is 3.49. The van der Waals surface area contributed by atoms with Gasteiger partial charge in [-0.1, -0.05) is 39.0 Å². The topological polar surface area (TPSA) is 40.5 Å². The molecule has 1 saturated heterocycles. The molecule has 1 atom stereocenters.